The van der Waals surface area contributed by atoms with Gasteiger partial charge in [0.15, 0.2) is 0 Å². The minimum absolute atomic E-state index is 0.917. The zero-order valence-electron chi connectivity index (χ0n) is 12.9. The maximum atomic E-state index is 3.57. The summed E-state index contributed by atoms with van der Waals surface area (Å²) in [6.45, 7) is 8.49. The standard InChI is InChI=1S/C18H22BrNS/c1-4-9-20-12-15-11-16(19)6-8-18(15)21-17-7-5-13(2)14(3)10-17/h5-8,10-11,20H,4,9,12H2,1-3H3. The van der Waals surface area contributed by atoms with Crippen molar-refractivity contribution in [2.24, 2.45) is 0 Å². The van der Waals surface area contributed by atoms with Crippen LogP contribution >= 0.6 is 27.7 Å². The van der Waals surface area contributed by atoms with Crippen LogP contribution in [0.25, 0.3) is 0 Å². The lowest BCUT2D eigenvalue weighted by Crippen LogP contribution is -2.14. The van der Waals surface area contributed by atoms with E-state index in [-0.39, 0.29) is 0 Å². The van der Waals surface area contributed by atoms with Gasteiger partial charge in [-0.25, -0.2) is 0 Å². The molecule has 0 aliphatic rings. The average Bonchev–Trinajstić information content (AvgIpc) is 2.46. The fraction of sp³-hybridized carbons (Fsp3) is 0.333. The van der Waals surface area contributed by atoms with Crippen LogP contribution in [0.4, 0.5) is 0 Å². The Labute approximate surface area is 140 Å². The number of nitrogens with one attached hydrogen (secondary N) is 1. The van der Waals surface area contributed by atoms with Gasteiger partial charge in [0, 0.05) is 20.8 Å². The summed E-state index contributed by atoms with van der Waals surface area (Å²) >= 11 is 5.42. The van der Waals surface area contributed by atoms with Crippen LogP contribution in [0.1, 0.15) is 30.0 Å². The van der Waals surface area contributed by atoms with E-state index in [9.17, 15) is 0 Å². The molecule has 0 aromatic heterocycles. The van der Waals surface area contributed by atoms with Gasteiger partial charge in [-0.3, -0.25) is 0 Å². The van der Waals surface area contributed by atoms with Gasteiger partial charge in [-0.2, -0.15) is 0 Å². The van der Waals surface area contributed by atoms with Gasteiger partial charge < -0.3 is 5.32 Å². The monoisotopic (exact) mass is 363 g/mol. The Kier molecular flexibility index (Phi) is 6.34. The van der Waals surface area contributed by atoms with Gasteiger partial charge >= 0.3 is 0 Å². The summed E-state index contributed by atoms with van der Waals surface area (Å²) in [6.07, 6.45) is 1.16. The van der Waals surface area contributed by atoms with E-state index < -0.39 is 0 Å². The Bertz CT molecular complexity index is 610. The first-order chi connectivity index (χ1) is 10.1. The smallest absolute Gasteiger partial charge is 0.0217 e. The molecular weight excluding hydrogens is 342 g/mol. The molecule has 2 aromatic carbocycles. The van der Waals surface area contributed by atoms with E-state index in [0.717, 1.165) is 24.0 Å². The predicted octanol–water partition coefficient (Wildman–Crippen LogP) is 5.72. The molecule has 0 saturated heterocycles. The first-order valence-corrected chi connectivity index (χ1v) is 8.95. The van der Waals surface area contributed by atoms with Gasteiger partial charge in [0.25, 0.3) is 0 Å². The number of aryl methyl sites for hydroxylation is 2. The summed E-state index contributed by atoms with van der Waals surface area (Å²) in [4.78, 5) is 2.63. The van der Waals surface area contributed by atoms with Crippen LogP contribution in [-0.2, 0) is 6.54 Å². The molecule has 112 valence electrons. The van der Waals surface area contributed by atoms with Crippen LogP contribution in [0.5, 0.6) is 0 Å². The molecule has 0 atom stereocenters. The molecule has 2 aromatic rings. The molecular formula is C18H22BrNS. The van der Waals surface area contributed by atoms with Gasteiger partial charge in [-0.05, 0) is 73.8 Å². The van der Waals surface area contributed by atoms with Gasteiger partial charge in [-0.15, -0.1) is 0 Å². The molecule has 1 N–H and O–H groups in total. The highest BCUT2D eigenvalue weighted by molar-refractivity contribution is 9.10. The molecule has 0 saturated carbocycles. The molecule has 0 unspecified atom stereocenters. The second kappa shape index (κ2) is 8.02. The van der Waals surface area contributed by atoms with E-state index in [0.29, 0.717) is 0 Å². The summed E-state index contributed by atoms with van der Waals surface area (Å²) < 4.78 is 1.14. The van der Waals surface area contributed by atoms with Crippen molar-refractivity contribution in [1.82, 2.24) is 5.32 Å². The molecule has 21 heavy (non-hydrogen) atoms. The quantitative estimate of drug-likeness (QED) is 0.658. The Morgan fingerprint density at radius 1 is 1.05 bits per heavy atom. The van der Waals surface area contributed by atoms with Crippen LogP contribution in [0.15, 0.2) is 50.7 Å². The van der Waals surface area contributed by atoms with E-state index in [1.165, 1.54) is 26.5 Å². The highest BCUT2D eigenvalue weighted by Gasteiger charge is 2.06. The summed E-state index contributed by atoms with van der Waals surface area (Å²) in [5, 5.41) is 3.49. The number of rotatable bonds is 6. The van der Waals surface area contributed by atoms with Gasteiger partial charge in [0.2, 0.25) is 0 Å². The van der Waals surface area contributed by atoms with E-state index in [1.54, 1.807) is 0 Å². The summed E-state index contributed by atoms with van der Waals surface area (Å²) in [5.74, 6) is 0. The maximum Gasteiger partial charge on any atom is 0.0217 e. The summed E-state index contributed by atoms with van der Waals surface area (Å²) in [6, 6.07) is 13.2. The minimum Gasteiger partial charge on any atom is -0.313 e. The van der Waals surface area contributed by atoms with Gasteiger partial charge in [0.1, 0.15) is 0 Å². The van der Waals surface area contributed by atoms with E-state index in [1.807, 2.05) is 11.8 Å². The van der Waals surface area contributed by atoms with E-state index in [4.69, 9.17) is 0 Å². The van der Waals surface area contributed by atoms with Crippen LogP contribution in [0.3, 0.4) is 0 Å². The third-order valence-electron chi connectivity index (χ3n) is 3.47. The lowest BCUT2D eigenvalue weighted by atomic mass is 10.1. The fourth-order valence-corrected chi connectivity index (χ4v) is 3.52. The topological polar surface area (TPSA) is 12.0 Å². The highest BCUT2D eigenvalue weighted by Crippen LogP contribution is 2.33. The maximum absolute atomic E-state index is 3.57. The zero-order chi connectivity index (χ0) is 15.2. The molecule has 1 nitrogen and oxygen atoms in total. The lowest BCUT2D eigenvalue weighted by molar-refractivity contribution is 0.669. The average molecular weight is 364 g/mol. The normalized spacial score (nSPS) is 10.9. The van der Waals surface area contributed by atoms with E-state index >= 15 is 0 Å². The van der Waals surface area contributed by atoms with Crippen molar-refractivity contribution >= 4 is 27.7 Å². The zero-order valence-corrected chi connectivity index (χ0v) is 15.3. The highest BCUT2D eigenvalue weighted by atomic mass is 79.9. The molecule has 0 fully saturated rings. The molecule has 0 heterocycles. The number of benzene rings is 2. The van der Waals surface area contributed by atoms with Crippen molar-refractivity contribution in [3.63, 3.8) is 0 Å². The van der Waals surface area contributed by atoms with E-state index in [2.05, 4.69) is 78.4 Å². The largest absolute Gasteiger partial charge is 0.313 e. The molecule has 0 aliphatic carbocycles. The Morgan fingerprint density at radius 2 is 1.86 bits per heavy atom. The second-order valence-corrected chi connectivity index (χ2v) is 7.31. The summed E-state index contributed by atoms with van der Waals surface area (Å²) in [5.41, 5.74) is 4.05. The number of hydrogen-bond donors (Lipinski definition) is 1. The SMILES string of the molecule is CCCNCc1cc(Br)ccc1Sc1ccc(C)c(C)c1. The molecule has 0 bridgehead atoms. The Morgan fingerprint density at radius 3 is 2.57 bits per heavy atom. The third-order valence-corrected chi connectivity index (χ3v) is 5.07. The van der Waals surface area contributed by atoms with Crippen LogP contribution < -0.4 is 5.32 Å². The lowest BCUT2D eigenvalue weighted by Gasteiger charge is -2.12. The molecule has 0 aliphatic heterocycles. The Hall–Kier alpha value is -0.770. The van der Waals surface area contributed by atoms with Crippen LogP contribution in [0.2, 0.25) is 0 Å². The van der Waals surface area contributed by atoms with Crippen molar-refractivity contribution in [3.05, 3.63) is 57.6 Å². The second-order valence-electron chi connectivity index (χ2n) is 5.28. The van der Waals surface area contributed by atoms with Crippen molar-refractivity contribution in [1.29, 1.82) is 0 Å². The molecule has 0 spiro atoms. The number of halogens is 1. The van der Waals surface area contributed by atoms with Gasteiger partial charge in [-0.1, -0.05) is 40.7 Å². The van der Waals surface area contributed by atoms with Crippen molar-refractivity contribution in [2.75, 3.05) is 6.54 Å². The molecule has 3 heteroatoms. The first kappa shape index (κ1) is 16.6. The predicted molar refractivity (Wildman–Crippen MR) is 96.2 cm³/mol. The van der Waals surface area contributed by atoms with Crippen molar-refractivity contribution in [3.8, 4) is 0 Å². The van der Waals surface area contributed by atoms with Crippen molar-refractivity contribution in [2.45, 2.75) is 43.5 Å². The molecule has 0 radical (unpaired) electrons. The van der Waals surface area contributed by atoms with Crippen LogP contribution in [-0.4, -0.2) is 6.54 Å². The van der Waals surface area contributed by atoms with Gasteiger partial charge in [0.05, 0.1) is 0 Å². The third kappa shape index (κ3) is 4.87. The van der Waals surface area contributed by atoms with Crippen molar-refractivity contribution < 1.29 is 0 Å². The number of hydrogen-bond acceptors (Lipinski definition) is 2. The Balaban J connectivity index is 2.19. The fourth-order valence-electron chi connectivity index (χ4n) is 2.09. The molecule has 0 amide bonds. The minimum atomic E-state index is 0.917. The molecule has 2 rings (SSSR count). The summed E-state index contributed by atoms with van der Waals surface area (Å²) in [7, 11) is 0. The van der Waals surface area contributed by atoms with Crippen LogP contribution in [0, 0.1) is 13.8 Å². The first-order valence-electron chi connectivity index (χ1n) is 7.34.